The first-order valence-electron chi connectivity index (χ1n) is 5.98. The highest BCUT2D eigenvalue weighted by atomic mass is 32.1. The lowest BCUT2D eigenvalue weighted by Gasteiger charge is -2.23. The van der Waals surface area contributed by atoms with E-state index in [-0.39, 0.29) is 0 Å². The second-order valence-electron chi connectivity index (χ2n) is 4.28. The van der Waals surface area contributed by atoms with Gasteiger partial charge in [-0.2, -0.15) is 4.98 Å². The van der Waals surface area contributed by atoms with Crippen molar-refractivity contribution in [3.8, 4) is 0 Å². The van der Waals surface area contributed by atoms with E-state index in [2.05, 4.69) is 26.9 Å². The topological polar surface area (TPSA) is 51.0 Å². The van der Waals surface area contributed by atoms with Crippen LogP contribution in [0.5, 0.6) is 0 Å². The zero-order valence-corrected chi connectivity index (χ0v) is 10.4. The highest BCUT2D eigenvalue weighted by Gasteiger charge is 2.20. The molecule has 0 saturated carbocycles. The lowest BCUT2D eigenvalue weighted by Crippen LogP contribution is -2.26. The van der Waals surface area contributed by atoms with Crippen molar-refractivity contribution in [3.05, 3.63) is 34.1 Å². The van der Waals surface area contributed by atoms with Crippen molar-refractivity contribution >= 4 is 11.3 Å². The summed E-state index contributed by atoms with van der Waals surface area (Å²) in [5.41, 5.74) is 1.49. The van der Waals surface area contributed by atoms with Gasteiger partial charge in [-0.15, -0.1) is 11.3 Å². The van der Waals surface area contributed by atoms with Gasteiger partial charge in [-0.05, 0) is 36.3 Å². The maximum atomic E-state index is 4.98. The first-order valence-corrected chi connectivity index (χ1v) is 6.86. The van der Waals surface area contributed by atoms with E-state index in [1.54, 1.807) is 4.88 Å². The van der Waals surface area contributed by atoms with Gasteiger partial charge in [0.05, 0.1) is 0 Å². The summed E-state index contributed by atoms with van der Waals surface area (Å²) in [6.07, 6.45) is 6.01. The molecule has 2 aromatic heterocycles. The Morgan fingerprint density at radius 2 is 2.53 bits per heavy atom. The Balaban J connectivity index is 1.57. The molecule has 0 aromatic carbocycles. The van der Waals surface area contributed by atoms with Gasteiger partial charge in [-0.3, -0.25) is 0 Å². The molecule has 1 unspecified atom stereocenters. The number of hydrogen-bond donors (Lipinski definition) is 1. The maximum absolute atomic E-state index is 4.98. The number of aromatic nitrogens is 2. The molecule has 1 atom stereocenters. The van der Waals surface area contributed by atoms with Crippen LogP contribution in [0.3, 0.4) is 0 Å². The average Bonchev–Trinajstić information content (AvgIpc) is 2.99. The van der Waals surface area contributed by atoms with E-state index in [0.717, 1.165) is 13.0 Å². The predicted molar refractivity (Wildman–Crippen MR) is 66.0 cm³/mol. The Labute approximate surface area is 104 Å². The van der Waals surface area contributed by atoms with Crippen molar-refractivity contribution in [2.75, 3.05) is 6.54 Å². The first-order chi connectivity index (χ1) is 8.43. The van der Waals surface area contributed by atoms with Gasteiger partial charge in [0, 0.05) is 23.9 Å². The fourth-order valence-electron chi connectivity index (χ4n) is 2.36. The quantitative estimate of drug-likeness (QED) is 0.903. The van der Waals surface area contributed by atoms with Crippen molar-refractivity contribution in [2.24, 2.45) is 0 Å². The highest BCUT2D eigenvalue weighted by molar-refractivity contribution is 7.10. The van der Waals surface area contributed by atoms with Crippen LogP contribution in [-0.2, 0) is 12.8 Å². The van der Waals surface area contributed by atoms with Crippen LogP contribution in [0.15, 0.2) is 22.3 Å². The largest absolute Gasteiger partial charge is 0.340 e. The van der Waals surface area contributed by atoms with Crippen LogP contribution in [-0.4, -0.2) is 16.7 Å². The zero-order chi connectivity index (χ0) is 11.5. The number of nitrogens with one attached hydrogen (secondary N) is 1. The van der Waals surface area contributed by atoms with E-state index in [1.807, 2.05) is 11.3 Å². The van der Waals surface area contributed by atoms with Gasteiger partial charge < -0.3 is 9.84 Å². The standard InChI is InChI=1S/C12H15N3OS/c1-2-10(9-5-7-17-11(9)3-1)13-6-4-12-14-8-15-16-12/h5,7-8,10,13H,1-4,6H2. The Hall–Kier alpha value is -1.20. The molecular formula is C12H15N3OS. The summed E-state index contributed by atoms with van der Waals surface area (Å²) in [5.74, 6) is 0.707. The summed E-state index contributed by atoms with van der Waals surface area (Å²) in [4.78, 5) is 5.57. The van der Waals surface area contributed by atoms with E-state index >= 15 is 0 Å². The molecule has 3 rings (SSSR count). The second-order valence-corrected chi connectivity index (χ2v) is 5.28. The number of thiophene rings is 1. The minimum absolute atomic E-state index is 0.507. The SMILES string of the molecule is c1noc(CCNC2CCCc3sccc32)n1. The molecule has 0 aliphatic heterocycles. The molecule has 4 nitrogen and oxygen atoms in total. The molecule has 1 N–H and O–H groups in total. The Bertz CT molecular complexity index is 466. The molecule has 0 amide bonds. The summed E-state index contributed by atoms with van der Waals surface area (Å²) >= 11 is 1.88. The molecule has 0 bridgehead atoms. The molecule has 1 aliphatic carbocycles. The number of rotatable bonds is 4. The molecule has 2 heterocycles. The summed E-state index contributed by atoms with van der Waals surface area (Å²) in [6.45, 7) is 0.891. The zero-order valence-electron chi connectivity index (χ0n) is 9.56. The van der Waals surface area contributed by atoms with E-state index in [1.165, 1.54) is 31.2 Å². The van der Waals surface area contributed by atoms with E-state index in [4.69, 9.17) is 4.52 Å². The minimum Gasteiger partial charge on any atom is -0.340 e. The van der Waals surface area contributed by atoms with Crippen LogP contribution in [0.1, 0.15) is 35.2 Å². The van der Waals surface area contributed by atoms with Crippen LogP contribution in [0, 0.1) is 0 Å². The summed E-state index contributed by atoms with van der Waals surface area (Å²) < 4.78 is 4.98. The lowest BCUT2D eigenvalue weighted by atomic mass is 9.94. The van der Waals surface area contributed by atoms with Gasteiger partial charge in [0.15, 0.2) is 6.33 Å². The van der Waals surface area contributed by atoms with Gasteiger partial charge in [-0.25, -0.2) is 0 Å². The Morgan fingerprint density at radius 3 is 3.41 bits per heavy atom. The Morgan fingerprint density at radius 1 is 1.53 bits per heavy atom. The third-order valence-electron chi connectivity index (χ3n) is 3.19. The van der Waals surface area contributed by atoms with Crippen molar-refractivity contribution in [1.29, 1.82) is 0 Å². The summed E-state index contributed by atoms with van der Waals surface area (Å²) in [5, 5.41) is 9.38. The van der Waals surface area contributed by atoms with Crippen LogP contribution >= 0.6 is 11.3 Å². The van der Waals surface area contributed by atoms with Gasteiger partial charge >= 0.3 is 0 Å². The van der Waals surface area contributed by atoms with Crippen LogP contribution in [0.4, 0.5) is 0 Å². The predicted octanol–water partition coefficient (Wildman–Crippen LogP) is 2.34. The number of nitrogens with zero attached hydrogens (tertiary/aromatic N) is 2. The van der Waals surface area contributed by atoms with Crippen molar-refractivity contribution in [1.82, 2.24) is 15.5 Å². The monoisotopic (exact) mass is 249 g/mol. The third-order valence-corrected chi connectivity index (χ3v) is 4.18. The number of hydrogen-bond acceptors (Lipinski definition) is 5. The Kier molecular flexibility index (Phi) is 3.20. The summed E-state index contributed by atoms with van der Waals surface area (Å²) in [7, 11) is 0. The smallest absolute Gasteiger partial charge is 0.227 e. The number of aryl methyl sites for hydroxylation is 1. The van der Waals surface area contributed by atoms with Gasteiger partial charge in [-0.1, -0.05) is 5.16 Å². The molecule has 17 heavy (non-hydrogen) atoms. The average molecular weight is 249 g/mol. The number of fused-ring (bicyclic) bond motifs is 1. The molecule has 1 aliphatic rings. The molecule has 2 aromatic rings. The molecule has 0 radical (unpaired) electrons. The summed E-state index contributed by atoms with van der Waals surface area (Å²) in [6, 6.07) is 2.76. The molecule has 0 spiro atoms. The van der Waals surface area contributed by atoms with E-state index < -0.39 is 0 Å². The second kappa shape index (κ2) is 4.98. The normalized spacial score (nSPS) is 19.2. The highest BCUT2D eigenvalue weighted by Crippen LogP contribution is 2.33. The van der Waals surface area contributed by atoms with Crippen LogP contribution < -0.4 is 5.32 Å². The lowest BCUT2D eigenvalue weighted by molar-refractivity contribution is 0.368. The van der Waals surface area contributed by atoms with Crippen molar-refractivity contribution < 1.29 is 4.52 Å². The first kappa shape index (κ1) is 10.9. The molecule has 0 saturated heterocycles. The fourth-order valence-corrected chi connectivity index (χ4v) is 3.35. The van der Waals surface area contributed by atoms with E-state index in [0.29, 0.717) is 11.9 Å². The van der Waals surface area contributed by atoms with Gasteiger partial charge in [0.2, 0.25) is 5.89 Å². The maximum Gasteiger partial charge on any atom is 0.227 e. The van der Waals surface area contributed by atoms with Gasteiger partial charge in [0.1, 0.15) is 0 Å². The molecule has 90 valence electrons. The van der Waals surface area contributed by atoms with Crippen molar-refractivity contribution in [2.45, 2.75) is 31.7 Å². The van der Waals surface area contributed by atoms with E-state index in [9.17, 15) is 0 Å². The van der Waals surface area contributed by atoms with Crippen molar-refractivity contribution in [3.63, 3.8) is 0 Å². The molecular weight excluding hydrogens is 234 g/mol. The fraction of sp³-hybridized carbons (Fsp3) is 0.500. The molecule has 0 fully saturated rings. The molecule has 5 heteroatoms. The minimum atomic E-state index is 0.507. The van der Waals surface area contributed by atoms with Crippen LogP contribution in [0.25, 0.3) is 0 Å². The van der Waals surface area contributed by atoms with Crippen LogP contribution in [0.2, 0.25) is 0 Å². The third kappa shape index (κ3) is 2.40. The van der Waals surface area contributed by atoms with Gasteiger partial charge in [0.25, 0.3) is 0 Å².